The maximum atomic E-state index is 12.6. The number of fused-ring (bicyclic) bond motifs is 2. The molecule has 5 rings (SSSR count). The number of aryl methyl sites for hydroxylation is 1. The van der Waals surface area contributed by atoms with E-state index in [2.05, 4.69) is 17.4 Å². The molecule has 3 heterocycles. The zero-order chi connectivity index (χ0) is 20.0. The Labute approximate surface area is 168 Å². The number of nitrogens with zero attached hydrogens (tertiary/aromatic N) is 2. The van der Waals surface area contributed by atoms with E-state index in [1.165, 1.54) is 15.4 Å². The molecule has 148 valence electrons. The summed E-state index contributed by atoms with van der Waals surface area (Å²) in [6, 6.07) is 13.1. The van der Waals surface area contributed by atoms with Crippen LogP contribution >= 0.6 is 0 Å². The minimum atomic E-state index is -0.586. The lowest BCUT2D eigenvalue weighted by atomic mass is 9.98. The van der Waals surface area contributed by atoms with E-state index in [0.29, 0.717) is 0 Å². The second-order valence-corrected chi connectivity index (χ2v) is 7.63. The molecule has 2 fully saturated rings. The number of rotatable bonds is 3. The van der Waals surface area contributed by atoms with Gasteiger partial charge in [-0.2, -0.15) is 0 Å². The number of amides is 4. The molecule has 2 aromatic carbocycles. The number of hydrogen-bond donors (Lipinski definition) is 1. The van der Waals surface area contributed by atoms with Gasteiger partial charge in [0.15, 0.2) is 0 Å². The highest BCUT2D eigenvalue weighted by atomic mass is 16.5. The Hall–Kier alpha value is -3.35. The Morgan fingerprint density at radius 2 is 1.83 bits per heavy atom. The largest absolute Gasteiger partial charge is 0.493 e. The Morgan fingerprint density at radius 3 is 2.66 bits per heavy atom. The third kappa shape index (κ3) is 3.12. The van der Waals surface area contributed by atoms with E-state index in [-0.39, 0.29) is 31.4 Å². The summed E-state index contributed by atoms with van der Waals surface area (Å²) in [5.41, 5.74) is 4.30. The third-order valence-corrected chi connectivity index (χ3v) is 5.75. The second kappa shape index (κ2) is 6.92. The number of carbonyl (C=O) groups is 3. The molecule has 7 heteroatoms. The van der Waals surface area contributed by atoms with Gasteiger partial charge >= 0.3 is 6.03 Å². The first kappa shape index (κ1) is 17.7. The van der Waals surface area contributed by atoms with Crippen LogP contribution in [0, 0.1) is 0 Å². The number of benzene rings is 2. The number of ether oxygens (including phenoxy) is 1. The molecule has 3 aliphatic heterocycles. The van der Waals surface area contributed by atoms with Gasteiger partial charge in [-0.05, 0) is 47.2 Å². The van der Waals surface area contributed by atoms with Crippen LogP contribution in [0.4, 0.5) is 4.79 Å². The first-order chi connectivity index (χ1) is 14.1. The molecule has 2 saturated heterocycles. The van der Waals surface area contributed by atoms with Gasteiger partial charge in [0.1, 0.15) is 18.3 Å². The summed E-state index contributed by atoms with van der Waals surface area (Å²) < 4.78 is 5.68. The van der Waals surface area contributed by atoms with Gasteiger partial charge in [-0.1, -0.05) is 30.3 Å². The first-order valence-corrected chi connectivity index (χ1v) is 9.84. The number of carbonyl (C=O) groups excluding carboxylic acids is 3. The van der Waals surface area contributed by atoms with E-state index >= 15 is 0 Å². The summed E-state index contributed by atoms with van der Waals surface area (Å²) in [5, 5.41) is 2.65. The van der Waals surface area contributed by atoms with Gasteiger partial charge in [-0.3, -0.25) is 14.5 Å². The fourth-order valence-electron chi connectivity index (χ4n) is 4.16. The number of nitrogens with one attached hydrogen (secondary N) is 1. The quantitative estimate of drug-likeness (QED) is 0.811. The maximum absolute atomic E-state index is 12.6. The molecule has 4 amide bonds. The highest BCUT2D eigenvalue weighted by Crippen LogP contribution is 2.30. The minimum absolute atomic E-state index is 0.0628. The second-order valence-electron chi connectivity index (χ2n) is 7.63. The van der Waals surface area contributed by atoms with Crippen molar-refractivity contribution in [2.75, 3.05) is 19.7 Å². The molecule has 7 nitrogen and oxygen atoms in total. The van der Waals surface area contributed by atoms with Crippen LogP contribution in [0.1, 0.15) is 17.5 Å². The van der Waals surface area contributed by atoms with Crippen molar-refractivity contribution in [1.82, 2.24) is 15.1 Å². The zero-order valence-electron chi connectivity index (χ0n) is 15.9. The van der Waals surface area contributed by atoms with Crippen LogP contribution in [0.3, 0.4) is 0 Å². The van der Waals surface area contributed by atoms with E-state index in [0.717, 1.165) is 41.9 Å². The molecule has 29 heavy (non-hydrogen) atoms. The fourth-order valence-corrected chi connectivity index (χ4v) is 4.16. The van der Waals surface area contributed by atoms with Crippen molar-refractivity contribution in [1.29, 1.82) is 0 Å². The predicted molar refractivity (Wildman–Crippen MR) is 105 cm³/mol. The predicted octanol–water partition coefficient (Wildman–Crippen LogP) is 1.94. The number of imide groups is 1. The van der Waals surface area contributed by atoms with Gasteiger partial charge in [0.2, 0.25) is 5.91 Å². The van der Waals surface area contributed by atoms with Gasteiger partial charge in [-0.15, -0.1) is 0 Å². The summed E-state index contributed by atoms with van der Waals surface area (Å²) >= 11 is 0. The molecule has 1 atom stereocenters. The summed E-state index contributed by atoms with van der Waals surface area (Å²) in [7, 11) is 0. The summed E-state index contributed by atoms with van der Waals surface area (Å²) in [4.78, 5) is 39.3. The van der Waals surface area contributed by atoms with Crippen LogP contribution in [-0.4, -0.2) is 53.4 Å². The normalized spacial score (nSPS) is 20.8. The summed E-state index contributed by atoms with van der Waals surface area (Å²) in [5.74, 6) is 0.477. The Kier molecular flexibility index (Phi) is 4.23. The molecule has 1 unspecified atom stereocenters. The van der Waals surface area contributed by atoms with Crippen LogP contribution in [0.5, 0.6) is 5.75 Å². The van der Waals surface area contributed by atoms with Crippen molar-refractivity contribution in [2.24, 2.45) is 0 Å². The van der Waals surface area contributed by atoms with Crippen molar-refractivity contribution in [3.63, 3.8) is 0 Å². The van der Waals surface area contributed by atoms with Crippen LogP contribution in [-0.2, 0) is 22.6 Å². The van der Waals surface area contributed by atoms with Crippen LogP contribution in [0.15, 0.2) is 42.5 Å². The summed E-state index contributed by atoms with van der Waals surface area (Å²) in [6.07, 6.45) is 2.06. The van der Waals surface area contributed by atoms with Gasteiger partial charge < -0.3 is 15.0 Å². The average Bonchev–Trinajstić information content (AvgIpc) is 2.98. The van der Waals surface area contributed by atoms with Crippen LogP contribution < -0.4 is 10.1 Å². The molecule has 0 aliphatic carbocycles. The molecule has 2 aromatic rings. The van der Waals surface area contributed by atoms with Gasteiger partial charge in [0.05, 0.1) is 13.2 Å². The molecule has 0 aromatic heterocycles. The first-order valence-electron chi connectivity index (χ1n) is 9.84. The molecule has 0 radical (unpaired) electrons. The molecule has 0 spiro atoms. The smallest absolute Gasteiger partial charge is 0.328 e. The Morgan fingerprint density at radius 1 is 1.03 bits per heavy atom. The van der Waals surface area contributed by atoms with Crippen molar-refractivity contribution < 1.29 is 19.1 Å². The maximum Gasteiger partial charge on any atom is 0.328 e. The highest BCUT2D eigenvalue weighted by Gasteiger charge is 2.47. The lowest BCUT2D eigenvalue weighted by molar-refractivity contribution is -0.131. The zero-order valence-corrected chi connectivity index (χ0v) is 15.9. The molecule has 1 N–H and O–H groups in total. The van der Waals surface area contributed by atoms with Gasteiger partial charge in [-0.25, -0.2) is 4.79 Å². The average molecular weight is 391 g/mol. The Bertz CT molecular complexity index is 1000. The van der Waals surface area contributed by atoms with E-state index < -0.39 is 12.1 Å². The van der Waals surface area contributed by atoms with E-state index in [9.17, 15) is 14.4 Å². The van der Waals surface area contributed by atoms with Crippen LogP contribution in [0.25, 0.3) is 11.1 Å². The molecule has 0 saturated carbocycles. The Balaban J connectivity index is 1.33. The van der Waals surface area contributed by atoms with E-state index in [1.54, 1.807) is 0 Å². The van der Waals surface area contributed by atoms with Gasteiger partial charge in [0, 0.05) is 6.54 Å². The lowest BCUT2D eigenvalue weighted by Crippen LogP contribution is -2.54. The molecule has 3 aliphatic rings. The van der Waals surface area contributed by atoms with Crippen molar-refractivity contribution in [3.05, 3.63) is 53.6 Å². The number of urea groups is 1. The third-order valence-electron chi connectivity index (χ3n) is 5.75. The standard InChI is InChI=1S/C22H21N3O4/c26-20-13-24-18(11-23-20)21(27)25(22(24)28)12-14-3-5-15(6-4-14)16-7-8-19-17(10-16)2-1-9-29-19/h3-8,10,18H,1-2,9,11-13H2,(H,23,26). The monoisotopic (exact) mass is 391 g/mol. The molecular formula is C22H21N3O4. The SMILES string of the molecule is O=C1CN2C(=O)N(Cc3ccc(-c4ccc5c(c4)CCCO5)cc3)C(=O)C2CN1. The van der Waals surface area contributed by atoms with E-state index in [1.807, 2.05) is 30.3 Å². The molecule has 0 bridgehead atoms. The van der Waals surface area contributed by atoms with Crippen LogP contribution in [0.2, 0.25) is 0 Å². The highest BCUT2D eigenvalue weighted by molar-refractivity contribution is 6.06. The minimum Gasteiger partial charge on any atom is -0.493 e. The summed E-state index contributed by atoms with van der Waals surface area (Å²) in [6.45, 7) is 1.10. The topological polar surface area (TPSA) is 79.0 Å². The van der Waals surface area contributed by atoms with Crippen molar-refractivity contribution in [2.45, 2.75) is 25.4 Å². The van der Waals surface area contributed by atoms with Gasteiger partial charge in [0.25, 0.3) is 5.91 Å². The molecular weight excluding hydrogens is 370 g/mol. The lowest BCUT2D eigenvalue weighted by Gasteiger charge is -2.26. The fraction of sp³-hybridized carbons (Fsp3) is 0.318. The number of piperazine rings is 1. The van der Waals surface area contributed by atoms with E-state index in [4.69, 9.17) is 4.74 Å². The van der Waals surface area contributed by atoms with Crippen molar-refractivity contribution >= 4 is 17.8 Å². The number of hydrogen-bond acceptors (Lipinski definition) is 4. The van der Waals surface area contributed by atoms with Crippen molar-refractivity contribution in [3.8, 4) is 16.9 Å².